The van der Waals surface area contributed by atoms with E-state index in [-0.39, 0.29) is 0 Å². The molecule has 0 aliphatic rings. The minimum Gasteiger partial charge on any atom is -0.493 e. The number of thioether (sulfide) groups is 1. The minimum absolute atomic E-state index is 0.745. The van der Waals surface area contributed by atoms with Crippen LogP contribution in [-0.4, -0.2) is 23.6 Å². The molecule has 92 valence electrons. The number of aromatic nitrogens is 1. The molecular formula is C13H18N2OS. The molecule has 2 rings (SSSR count). The molecule has 0 saturated carbocycles. The molecule has 1 aromatic carbocycles. The van der Waals surface area contributed by atoms with E-state index in [4.69, 9.17) is 10.5 Å². The molecule has 4 heteroatoms. The van der Waals surface area contributed by atoms with E-state index in [1.807, 2.05) is 30.8 Å². The van der Waals surface area contributed by atoms with Gasteiger partial charge in [-0.2, -0.15) is 11.8 Å². The molecule has 0 spiro atoms. The van der Waals surface area contributed by atoms with Gasteiger partial charge in [-0.3, -0.25) is 0 Å². The lowest BCUT2D eigenvalue weighted by molar-refractivity contribution is 0.319. The third kappa shape index (κ3) is 2.88. The van der Waals surface area contributed by atoms with Gasteiger partial charge in [0.15, 0.2) is 0 Å². The summed E-state index contributed by atoms with van der Waals surface area (Å²) in [5, 5.41) is 1.11. The maximum atomic E-state index is 5.99. The highest BCUT2D eigenvalue weighted by molar-refractivity contribution is 7.98. The Hall–Kier alpha value is -1.29. The Morgan fingerprint density at radius 2 is 2.18 bits per heavy atom. The predicted octanol–water partition coefficient (Wildman–Crippen LogP) is 3.19. The third-order valence-electron chi connectivity index (χ3n) is 2.63. The first-order chi connectivity index (χ1) is 8.20. The lowest BCUT2D eigenvalue weighted by Crippen LogP contribution is -1.99. The number of aryl methyl sites for hydroxylation is 1. The number of aromatic amines is 1. The number of nitrogen functional groups attached to an aromatic ring is 1. The molecule has 3 N–H and O–H groups in total. The van der Waals surface area contributed by atoms with Crippen molar-refractivity contribution in [1.29, 1.82) is 0 Å². The van der Waals surface area contributed by atoms with Crippen molar-refractivity contribution in [2.75, 3.05) is 24.3 Å². The molecule has 0 radical (unpaired) electrons. The van der Waals surface area contributed by atoms with Crippen LogP contribution in [0.4, 0.5) is 5.69 Å². The molecule has 1 aromatic heterocycles. The van der Waals surface area contributed by atoms with E-state index in [1.54, 1.807) is 0 Å². The summed E-state index contributed by atoms with van der Waals surface area (Å²) < 4.78 is 5.70. The van der Waals surface area contributed by atoms with Crippen LogP contribution >= 0.6 is 11.8 Å². The van der Waals surface area contributed by atoms with Gasteiger partial charge in [0.25, 0.3) is 0 Å². The van der Waals surface area contributed by atoms with E-state index in [2.05, 4.69) is 17.3 Å². The standard InChI is InChI=1S/C13H18N2OS/c1-9-6-10-7-11(16-4-3-5-17-2)8-12(14)13(10)15-9/h6-8,15H,3-5,14H2,1-2H3. The van der Waals surface area contributed by atoms with Crippen LogP contribution in [0.5, 0.6) is 5.75 Å². The zero-order valence-electron chi connectivity index (χ0n) is 10.2. The molecule has 0 atom stereocenters. The molecule has 0 aliphatic heterocycles. The van der Waals surface area contributed by atoms with E-state index in [0.717, 1.165) is 46.8 Å². The number of ether oxygens (including phenoxy) is 1. The van der Waals surface area contributed by atoms with Crippen LogP contribution in [0.1, 0.15) is 12.1 Å². The number of nitrogens with two attached hydrogens (primary N) is 1. The summed E-state index contributed by atoms with van der Waals surface area (Å²) in [6.45, 7) is 2.77. The fraction of sp³-hybridized carbons (Fsp3) is 0.385. The average molecular weight is 250 g/mol. The van der Waals surface area contributed by atoms with Crippen molar-refractivity contribution in [3.05, 3.63) is 23.9 Å². The second-order valence-corrected chi connectivity index (χ2v) is 5.11. The van der Waals surface area contributed by atoms with Crippen LogP contribution in [0.3, 0.4) is 0 Å². The smallest absolute Gasteiger partial charge is 0.122 e. The normalized spacial score (nSPS) is 10.9. The number of anilines is 1. The molecule has 17 heavy (non-hydrogen) atoms. The SMILES string of the molecule is CSCCCOc1cc(N)c2[nH]c(C)cc2c1. The topological polar surface area (TPSA) is 51.0 Å². The van der Waals surface area contributed by atoms with Gasteiger partial charge in [-0.25, -0.2) is 0 Å². The van der Waals surface area contributed by atoms with Crippen LogP contribution in [-0.2, 0) is 0 Å². The van der Waals surface area contributed by atoms with Gasteiger partial charge in [0.05, 0.1) is 17.8 Å². The quantitative estimate of drug-likeness (QED) is 0.633. The molecule has 0 fully saturated rings. The summed E-state index contributed by atoms with van der Waals surface area (Å²) in [5.74, 6) is 1.98. The number of benzene rings is 1. The highest BCUT2D eigenvalue weighted by atomic mass is 32.2. The van der Waals surface area contributed by atoms with E-state index in [9.17, 15) is 0 Å². The lowest BCUT2D eigenvalue weighted by atomic mass is 10.2. The maximum absolute atomic E-state index is 5.99. The molecular weight excluding hydrogens is 232 g/mol. The molecule has 0 unspecified atom stereocenters. The first-order valence-electron chi connectivity index (χ1n) is 5.71. The van der Waals surface area contributed by atoms with Crippen LogP contribution in [0.15, 0.2) is 18.2 Å². The Kier molecular flexibility index (Phi) is 3.84. The predicted molar refractivity (Wildman–Crippen MR) is 75.9 cm³/mol. The fourth-order valence-corrected chi connectivity index (χ4v) is 2.27. The van der Waals surface area contributed by atoms with Gasteiger partial charge >= 0.3 is 0 Å². The van der Waals surface area contributed by atoms with Gasteiger partial charge in [-0.05, 0) is 37.5 Å². The number of fused-ring (bicyclic) bond motifs is 1. The highest BCUT2D eigenvalue weighted by Gasteiger charge is 2.04. The molecule has 1 heterocycles. The van der Waals surface area contributed by atoms with Crippen molar-refractivity contribution in [3.8, 4) is 5.75 Å². The van der Waals surface area contributed by atoms with Crippen molar-refractivity contribution >= 4 is 28.4 Å². The molecule has 0 bridgehead atoms. The number of hydrogen-bond acceptors (Lipinski definition) is 3. The monoisotopic (exact) mass is 250 g/mol. The summed E-state index contributed by atoms with van der Waals surface area (Å²) in [4.78, 5) is 3.25. The number of H-pyrrole nitrogens is 1. The van der Waals surface area contributed by atoms with Gasteiger partial charge in [-0.1, -0.05) is 0 Å². The molecule has 3 nitrogen and oxygen atoms in total. The van der Waals surface area contributed by atoms with Crippen molar-refractivity contribution in [2.24, 2.45) is 0 Å². The first kappa shape index (κ1) is 12.2. The fourth-order valence-electron chi connectivity index (χ4n) is 1.86. The van der Waals surface area contributed by atoms with Gasteiger partial charge < -0.3 is 15.5 Å². The van der Waals surface area contributed by atoms with Crippen LogP contribution < -0.4 is 10.5 Å². The van der Waals surface area contributed by atoms with Crippen molar-refractivity contribution < 1.29 is 4.74 Å². The van der Waals surface area contributed by atoms with E-state index >= 15 is 0 Å². The molecule has 2 aromatic rings. The van der Waals surface area contributed by atoms with E-state index < -0.39 is 0 Å². The summed E-state index contributed by atoms with van der Waals surface area (Å²) >= 11 is 1.84. The first-order valence-corrected chi connectivity index (χ1v) is 7.10. The lowest BCUT2D eigenvalue weighted by Gasteiger charge is -2.07. The highest BCUT2D eigenvalue weighted by Crippen LogP contribution is 2.27. The van der Waals surface area contributed by atoms with Crippen LogP contribution in [0.25, 0.3) is 10.9 Å². The Morgan fingerprint density at radius 1 is 1.35 bits per heavy atom. The summed E-state index contributed by atoms with van der Waals surface area (Å²) in [5.41, 5.74) is 8.85. The molecule has 0 saturated heterocycles. The Bertz CT molecular complexity index is 507. The summed E-state index contributed by atoms with van der Waals surface area (Å²) in [6, 6.07) is 6.01. The van der Waals surface area contributed by atoms with Gasteiger partial charge in [0.2, 0.25) is 0 Å². The summed E-state index contributed by atoms with van der Waals surface area (Å²) in [7, 11) is 0. The van der Waals surface area contributed by atoms with Crippen LogP contribution in [0.2, 0.25) is 0 Å². The largest absolute Gasteiger partial charge is 0.493 e. The van der Waals surface area contributed by atoms with E-state index in [0.29, 0.717) is 0 Å². The van der Waals surface area contributed by atoms with Crippen molar-refractivity contribution in [3.63, 3.8) is 0 Å². The second-order valence-electron chi connectivity index (χ2n) is 4.12. The number of hydrogen-bond donors (Lipinski definition) is 2. The zero-order valence-corrected chi connectivity index (χ0v) is 11.1. The van der Waals surface area contributed by atoms with Gasteiger partial charge in [-0.15, -0.1) is 0 Å². The maximum Gasteiger partial charge on any atom is 0.122 e. The zero-order chi connectivity index (χ0) is 12.3. The van der Waals surface area contributed by atoms with Gasteiger partial charge in [0.1, 0.15) is 5.75 Å². The average Bonchev–Trinajstić information content (AvgIpc) is 2.66. The Labute approximate surface area is 106 Å². The van der Waals surface area contributed by atoms with Crippen LogP contribution in [0, 0.1) is 6.92 Å². The second kappa shape index (κ2) is 5.36. The Morgan fingerprint density at radius 3 is 2.94 bits per heavy atom. The molecule has 0 aliphatic carbocycles. The van der Waals surface area contributed by atoms with E-state index in [1.165, 1.54) is 0 Å². The number of rotatable bonds is 5. The molecule has 0 amide bonds. The summed E-state index contributed by atoms with van der Waals surface area (Å²) in [6.07, 6.45) is 3.16. The van der Waals surface area contributed by atoms with Gasteiger partial charge in [0, 0.05) is 17.1 Å². The Balaban J connectivity index is 2.13. The number of nitrogens with one attached hydrogen (secondary N) is 1. The minimum atomic E-state index is 0.745. The third-order valence-corrected chi connectivity index (χ3v) is 3.33. The van der Waals surface area contributed by atoms with Crippen molar-refractivity contribution in [1.82, 2.24) is 4.98 Å². The van der Waals surface area contributed by atoms with Crippen molar-refractivity contribution in [2.45, 2.75) is 13.3 Å².